The molecule has 6 rings (SSSR count). The molecule has 0 bridgehead atoms. The van der Waals surface area contributed by atoms with Crippen LogP contribution in [0.15, 0.2) is 53.3 Å². The van der Waals surface area contributed by atoms with Gasteiger partial charge in [0.2, 0.25) is 11.8 Å². The molecule has 1 N–H and O–H groups in total. The van der Waals surface area contributed by atoms with Crippen LogP contribution >= 0.6 is 0 Å². The Bertz CT molecular complexity index is 1210. The molecule has 0 spiro atoms. The zero-order valence-corrected chi connectivity index (χ0v) is 17.9. The molecule has 2 aliphatic rings. The van der Waals surface area contributed by atoms with Crippen LogP contribution in [0.4, 0.5) is 5.95 Å². The summed E-state index contributed by atoms with van der Waals surface area (Å²) in [6.07, 6.45) is 7.02. The molecule has 3 aromatic heterocycles. The molecule has 1 saturated heterocycles. The summed E-state index contributed by atoms with van der Waals surface area (Å²) in [6.45, 7) is 4.26. The minimum absolute atomic E-state index is 0.216. The fourth-order valence-electron chi connectivity index (χ4n) is 4.60. The van der Waals surface area contributed by atoms with Gasteiger partial charge in [-0.2, -0.15) is 4.52 Å². The van der Waals surface area contributed by atoms with Crippen LogP contribution in [0.5, 0.6) is 0 Å². The highest BCUT2D eigenvalue weighted by atomic mass is 16.5. The van der Waals surface area contributed by atoms with Gasteiger partial charge < -0.3 is 14.5 Å². The Morgan fingerprint density at radius 1 is 1.12 bits per heavy atom. The van der Waals surface area contributed by atoms with Crippen molar-refractivity contribution < 1.29 is 9.15 Å². The number of hydrogen-bond acceptors (Lipinski definition) is 7. The van der Waals surface area contributed by atoms with Gasteiger partial charge in [-0.3, -0.25) is 4.90 Å². The maximum Gasteiger partial charge on any atom is 0.226 e. The van der Waals surface area contributed by atoms with Crippen molar-refractivity contribution in [2.45, 2.75) is 38.5 Å². The minimum atomic E-state index is 0.216. The Kier molecular flexibility index (Phi) is 5.09. The molecule has 0 amide bonds. The van der Waals surface area contributed by atoms with Gasteiger partial charge in [-0.1, -0.05) is 24.3 Å². The normalized spacial score (nSPS) is 18.8. The molecule has 32 heavy (non-hydrogen) atoms. The van der Waals surface area contributed by atoms with Crippen LogP contribution in [0.3, 0.4) is 0 Å². The highest BCUT2D eigenvalue weighted by Crippen LogP contribution is 2.24. The van der Waals surface area contributed by atoms with Crippen molar-refractivity contribution in [3.05, 3.63) is 65.5 Å². The maximum atomic E-state index is 5.75. The van der Waals surface area contributed by atoms with E-state index in [2.05, 4.69) is 34.5 Å². The first-order valence-electron chi connectivity index (χ1n) is 11.3. The number of rotatable bonds is 6. The quantitative estimate of drug-likeness (QED) is 0.501. The van der Waals surface area contributed by atoms with Crippen LogP contribution < -0.4 is 5.32 Å². The van der Waals surface area contributed by atoms with Crippen LogP contribution in [0.2, 0.25) is 0 Å². The molecule has 8 nitrogen and oxygen atoms in total. The van der Waals surface area contributed by atoms with E-state index < -0.39 is 0 Å². The molecule has 1 aromatic carbocycles. The molecule has 1 atom stereocenters. The second kappa shape index (κ2) is 8.37. The maximum absolute atomic E-state index is 5.75. The summed E-state index contributed by atoms with van der Waals surface area (Å²) < 4.78 is 13.1. The molecule has 8 heteroatoms. The molecular formula is C24H26N6O2. The topological polar surface area (TPSA) is 80.7 Å². The second-order valence-corrected chi connectivity index (χ2v) is 8.50. The first-order valence-corrected chi connectivity index (χ1v) is 11.3. The van der Waals surface area contributed by atoms with E-state index in [0.717, 1.165) is 56.7 Å². The summed E-state index contributed by atoms with van der Waals surface area (Å²) in [6, 6.07) is 12.4. The first-order chi connectivity index (χ1) is 15.8. The summed E-state index contributed by atoms with van der Waals surface area (Å²) >= 11 is 0. The number of nitrogens with one attached hydrogen (secondary N) is 1. The summed E-state index contributed by atoms with van der Waals surface area (Å²) in [5, 5.41) is 8.13. The lowest BCUT2D eigenvalue weighted by atomic mass is 10.00. The number of nitrogens with zero attached hydrogens (tertiary/aromatic N) is 5. The summed E-state index contributed by atoms with van der Waals surface area (Å²) in [5.74, 6) is 1.89. The van der Waals surface area contributed by atoms with Crippen LogP contribution in [0.1, 0.15) is 29.5 Å². The van der Waals surface area contributed by atoms with Gasteiger partial charge in [0.1, 0.15) is 0 Å². The van der Waals surface area contributed by atoms with E-state index in [1.807, 2.05) is 18.3 Å². The van der Waals surface area contributed by atoms with Crippen LogP contribution in [-0.2, 0) is 24.2 Å². The van der Waals surface area contributed by atoms with Gasteiger partial charge in [-0.25, -0.2) is 9.97 Å². The largest absolute Gasteiger partial charge is 0.461 e. The van der Waals surface area contributed by atoms with Gasteiger partial charge in [0.05, 0.1) is 12.4 Å². The smallest absolute Gasteiger partial charge is 0.226 e. The van der Waals surface area contributed by atoms with Crippen molar-refractivity contribution in [1.29, 1.82) is 0 Å². The van der Waals surface area contributed by atoms with E-state index >= 15 is 0 Å². The molecule has 1 fully saturated rings. The van der Waals surface area contributed by atoms with Gasteiger partial charge in [-0.05, 0) is 42.5 Å². The third-order valence-corrected chi connectivity index (χ3v) is 6.29. The van der Waals surface area contributed by atoms with Crippen molar-refractivity contribution >= 4 is 11.6 Å². The molecule has 1 unspecified atom stereocenters. The molecule has 0 radical (unpaired) electrons. The number of fused-ring (bicyclic) bond motifs is 2. The molecule has 5 heterocycles. The number of furan rings is 1. The molecular weight excluding hydrogens is 404 g/mol. The van der Waals surface area contributed by atoms with E-state index in [1.54, 1.807) is 10.8 Å². The average Bonchev–Trinajstić information content (AvgIpc) is 3.60. The Morgan fingerprint density at radius 3 is 2.91 bits per heavy atom. The monoisotopic (exact) mass is 430 g/mol. The summed E-state index contributed by atoms with van der Waals surface area (Å²) in [5.41, 5.74) is 4.70. The highest BCUT2D eigenvalue weighted by Gasteiger charge is 2.21. The Balaban J connectivity index is 1.30. The lowest BCUT2D eigenvalue weighted by molar-refractivity contribution is 0.120. The number of hydrogen-bond donors (Lipinski definition) is 1. The lowest BCUT2D eigenvalue weighted by Crippen LogP contribution is -2.30. The van der Waals surface area contributed by atoms with Crippen molar-refractivity contribution in [2.24, 2.45) is 0 Å². The van der Waals surface area contributed by atoms with Gasteiger partial charge in [0, 0.05) is 44.5 Å². The molecule has 4 aromatic rings. The van der Waals surface area contributed by atoms with Crippen molar-refractivity contribution in [2.75, 3.05) is 25.0 Å². The Hall–Kier alpha value is -3.23. The summed E-state index contributed by atoms with van der Waals surface area (Å²) in [4.78, 5) is 12.0. The molecule has 0 saturated carbocycles. The third kappa shape index (κ3) is 3.76. The Labute approximate surface area is 186 Å². The lowest BCUT2D eigenvalue weighted by Gasteiger charge is -2.28. The number of anilines is 1. The zero-order valence-electron chi connectivity index (χ0n) is 17.9. The number of ether oxygens (including phenoxy) is 1. The van der Waals surface area contributed by atoms with Crippen LogP contribution in [0, 0.1) is 0 Å². The first kappa shape index (κ1) is 19.5. The van der Waals surface area contributed by atoms with Gasteiger partial charge in [-0.15, -0.1) is 5.10 Å². The average molecular weight is 431 g/mol. The predicted octanol–water partition coefficient (Wildman–Crippen LogP) is 3.53. The number of benzene rings is 1. The molecule has 164 valence electrons. The molecule has 2 aliphatic heterocycles. The fourth-order valence-corrected chi connectivity index (χ4v) is 4.60. The van der Waals surface area contributed by atoms with Gasteiger partial charge in [0.25, 0.3) is 0 Å². The van der Waals surface area contributed by atoms with Crippen molar-refractivity contribution in [3.63, 3.8) is 0 Å². The van der Waals surface area contributed by atoms with E-state index in [0.29, 0.717) is 24.1 Å². The van der Waals surface area contributed by atoms with E-state index in [-0.39, 0.29) is 6.10 Å². The third-order valence-electron chi connectivity index (χ3n) is 6.29. The van der Waals surface area contributed by atoms with E-state index in [9.17, 15) is 0 Å². The zero-order chi connectivity index (χ0) is 21.3. The second-order valence-electron chi connectivity index (χ2n) is 8.50. The molecule has 0 aliphatic carbocycles. The van der Waals surface area contributed by atoms with Crippen molar-refractivity contribution in [3.8, 4) is 11.6 Å². The highest BCUT2D eigenvalue weighted by molar-refractivity contribution is 5.58. The summed E-state index contributed by atoms with van der Waals surface area (Å²) in [7, 11) is 0. The van der Waals surface area contributed by atoms with E-state index in [1.165, 1.54) is 11.1 Å². The van der Waals surface area contributed by atoms with Gasteiger partial charge >= 0.3 is 0 Å². The predicted molar refractivity (Wildman–Crippen MR) is 120 cm³/mol. The van der Waals surface area contributed by atoms with Crippen LogP contribution in [0.25, 0.3) is 17.2 Å². The van der Waals surface area contributed by atoms with Gasteiger partial charge in [0.15, 0.2) is 11.4 Å². The SMILES string of the molecule is c1coc(-c2nc3c(CN4CCc5ccccc5C4)cnc(NCC4CCCO4)n3n2)c1. The van der Waals surface area contributed by atoms with Crippen LogP contribution in [-0.4, -0.2) is 50.3 Å². The van der Waals surface area contributed by atoms with E-state index in [4.69, 9.17) is 24.2 Å². The Morgan fingerprint density at radius 2 is 2.06 bits per heavy atom. The minimum Gasteiger partial charge on any atom is -0.461 e. The van der Waals surface area contributed by atoms with Crippen molar-refractivity contribution in [1.82, 2.24) is 24.5 Å². The fraction of sp³-hybridized carbons (Fsp3) is 0.375. The number of aromatic nitrogens is 4. The standard InChI is InChI=1S/C24H26N6O2/c1-2-6-18-15-29(10-9-17(18)5-1)16-19-13-25-24(26-14-20-7-3-11-31-20)30-23(19)27-22(28-30)21-8-4-12-32-21/h1-2,4-6,8,12-13,20H,3,7,9-11,14-16H2,(H,25,26).